The molecule has 1 saturated heterocycles. The molecule has 4 nitrogen and oxygen atoms in total. The molecule has 2 N–H and O–H groups in total. The minimum absolute atomic E-state index is 0.170. The Labute approximate surface area is 108 Å². The Bertz CT molecular complexity index is 439. The zero-order valence-corrected chi connectivity index (χ0v) is 11.0. The first kappa shape index (κ1) is 12.5. The van der Waals surface area contributed by atoms with E-state index in [2.05, 4.69) is 15.9 Å². The summed E-state index contributed by atoms with van der Waals surface area (Å²) < 4.78 is 0.765. The van der Waals surface area contributed by atoms with Crippen molar-refractivity contribution in [2.45, 2.75) is 19.1 Å². The number of hydrogen-bond donors (Lipinski definition) is 2. The van der Waals surface area contributed by atoms with Gasteiger partial charge in [0.25, 0.3) is 5.91 Å². The van der Waals surface area contributed by atoms with Crippen molar-refractivity contribution >= 4 is 21.8 Å². The fourth-order valence-corrected chi connectivity index (χ4v) is 2.35. The Kier molecular flexibility index (Phi) is 3.51. The van der Waals surface area contributed by atoms with Crippen LogP contribution in [0.4, 0.5) is 0 Å². The van der Waals surface area contributed by atoms with Gasteiger partial charge in [-0.1, -0.05) is 12.1 Å². The van der Waals surface area contributed by atoms with Crippen LogP contribution >= 0.6 is 15.9 Å². The van der Waals surface area contributed by atoms with Crippen molar-refractivity contribution in [3.8, 4) is 0 Å². The summed E-state index contributed by atoms with van der Waals surface area (Å²) in [6, 6.07) is 5.46. The molecule has 0 aliphatic carbocycles. The number of aliphatic hydroxyl groups excluding tert-OH is 2. The van der Waals surface area contributed by atoms with Gasteiger partial charge in [-0.2, -0.15) is 0 Å². The molecule has 1 aliphatic rings. The van der Waals surface area contributed by atoms with Gasteiger partial charge in [-0.05, 0) is 34.5 Å². The normalized spacial score (nSPS) is 24.1. The zero-order chi connectivity index (χ0) is 12.6. The molecule has 1 heterocycles. The molecule has 2 rings (SSSR count). The fourth-order valence-electron chi connectivity index (χ4n) is 1.92. The maximum Gasteiger partial charge on any atom is 0.255 e. The summed E-state index contributed by atoms with van der Waals surface area (Å²) in [4.78, 5) is 13.7. The van der Waals surface area contributed by atoms with Crippen molar-refractivity contribution in [1.82, 2.24) is 4.90 Å². The van der Waals surface area contributed by atoms with Crippen molar-refractivity contribution in [1.29, 1.82) is 0 Å². The van der Waals surface area contributed by atoms with Crippen LogP contribution in [0.5, 0.6) is 0 Å². The van der Waals surface area contributed by atoms with Crippen molar-refractivity contribution in [2.24, 2.45) is 0 Å². The Hall–Kier alpha value is -0.910. The molecule has 17 heavy (non-hydrogen) atoms. The maximum atomic E-state index is 12.2. The highest BCUT2D eigenvalue weighted by atomic mass is 79.9. The summed E-state index contributed by atoms with van der Waals surface area (Å²) in [7, 11) is 0. The lowest BCUT2D eigenvalue weighted by atomic mass is 10.1. The maximum absolute atomic E-state index is 12.2. The molecule has 1 aliphatic heterocycles. The minimum atomic E-state index is -0.845. The average Bonchev–Trinajstić information content (AvgIpc) is 2.62. The van der Waals surface area contributed by atoms with Crippen LogP contribution in [-0.2, 0) is 0 Å². The molecule has 1 aromatic rings. The summed E-state index contributed by atoms with van der Waals surface area (Å²) in [6.45, 7) is 2.27. The van der Waals surface area contributed by atoms with Gasteiger partial charge in [-0.3, -0.25) is 4.79 Å². The first-order valence-electron chi connectivity index (χ1n) is 5.41. The van der Waals surface area contributed by atoms with E-state index in [0.29, 0.717) is 5.56 Å². The predicted octanol–water partition coefficient (Wildman–Crippen LogP) is 0.935. The summed E-state index contributed by atoms with van der Waals surface area (Å²) in [5.41, 5.74) is 1.54. The molecule has 1 amide bonds. The average molecular weight is 300 g/mol. The van der Waals surface area contributed by atoms with Crippen LogP contribution in [0, 0.1) is 6.92 Å². The number of aryl methyl sites for hydroxylation is 1. The number of amides is 1. The number of halogens is 1. The molecule has 2 unspecified atom stereocenters. The minimum Gasteiger partial charge on any atom is -0.388 e. The van der Waals surface area contributed by atoms with E-state index in [1.165, 1.54) is 4.90 Å². The molecule has 0 saturated carbocycles. The SMILES string of the molecule is Cc1cccc(C(=O)N2CC(O)C(O)C2)c1Br. The number of rotatable bonds is 1. The first-order chi connectivity index (χ1) is 8.00. The molecule has 2 atom stereocenters. The molecule has 0 bridgehead atoms. The third kappa shape index (κ3) is 2.36. The molecular weight excluding hydrogens is 286 g/mol. The summed E-state index contributed by atoms with van der Waals surface area (Å²) >= 11 is 3.39. The van der Waals surface area contributed by atoms with Gasteiger partial charge in [-0.15, -0.1) is 0 Å². The highest BCUT2D eigenvalue weighted by Gasteiger charge is 2.33. The Morgan fingerprint density at radius 2 is 1.94 bits per heavy atom. The molecule has 0 spiro atoms. The van der Waals surface area contributed by atoms with E-state index in [4.69, 9.17) is 0 Å². The number of aliphatic hydroxyl groups is 2. The van der Waals surface area contributed by atoms with Gasteiger partial charge in [0.1, 0.15) is 0 Å². The lowest BCUT2D eigenvalue weighted by Crippen LogP contribution is -2.30. The van der Waals surface area contributed by atoms with Crippen LogP contribution in [0.1, 0.15) is 15.9 Å². The third-order valence-corrected chi connectivity index (χ3v) is 4.02. The fraction of sp³-hybridized carbons (Fsp3) is 0.417. The first-order valence-corrected chi connectivity index (χ1v) is 6.20. The van der Waals surface area contributed by atoms with E-state index in [1.807, 2.05) is 19.1 Å². The molecule has 0 radical (unpaired) electrons. The number of hydrogen-bond acceptors (Lipinski definition) is 3. The van der Waals surface area contributed by atoms with Gasteiger partial charge < -0.3 is 15.1 Å². The molecule has 5 heteroatoms. The molecular formula is C12H14BrNO3. The molecule has 1 aromatic carbocycles. The monoisotopic (exact) mass is 299 g/mol. The van der Waals surface area contributed by atoms with Crippen molar-refractivity contribution in [3.63, 3.8) is 0 Å². The quantitative estimate of drug-likeness (QED) is 0.811. The highest BCUT2D eigenvalue weighted by Crippen LogP contribution is 2.24. The summed E-state index contributed by atoms with van der Waals surface area (Å²) in [5, 5.41) is 18.9. The largest absolute Gasteiger partial charge is 0.388 e. The van der Waals surface area contributed by atoms with Crippen LogP contribution in [0.2, 0.25) is 0 Å². The lowest BCUT2D eigenvalue weighted by Gasteiger charge is -2.16. The molecule has 0 aromatic heterocycles. The third-order valence-electron chi connectivity index (χ3n) is 2.97. The van der Waals surface area contributed by atoms with E-state index in [-0.39, 0.29) is 19.0 Å². The number of benzene rings is 1. The van der Waals surface area contributed by atoms with Crippen molar-refractivity contribution in [2.75, 3.05) is 13.1 Å². The molecule has 92 valence electrons. The van der Waals surface area contributed by atoms with Crippen LogP contribution in [0.25, 0.3) is 0 Å². The predicted molar refractivity (Wildman–Crippen MR) is 66.8 cm³/mol. The van der Waals surface area contributed by atoms with E-state index in [0.717, 1.165) is 10.0 Å². The van der Waals surface area contributed by atoms with Crippen LogP contribution in [0.3, 0.4) is 0 Å². The number of β-amino-alcohol motifs (C(OH)–C–C–N with tert-alkyl or cyclic N) is 2. The van der Waals surface area contributed by atoms with Gasteiger partial charge >= 0.3 is 0 Å². The summed E-state index contributed by atoms with van der Waals surface area (Å²) in [6.07, 6.45) is -1.69. The van der Waals surface area contributed by atoms with Gasteiger partial charge in [0.05, 0.1) is 17.8 Å². The van der Waals surface area contributed by atoms with Crippen molar-refractivity contribution in [3.05, 3.63) is 33.8 Å². The van der Waals surface area contributed by atoms with E-state index in [1.54, 1.807) is 6.07 Å². The van der Waals surface area contributed by atoms with Crippen LogP contribution in [-0.4, -0.2) is 46.3 Å². The van der Waals surface area contributed by atoms with Crippen molar-refractivity contribution < 1.29 is 15.0 Å². The second-order valence-corrected chi connectivity index (χ2v) is 5.07. The smallest absolute Gasteiger partial charge is 0.255 e. The van der Waals surface area contributed by atoms with E-state index in [9.17, 15) is 15.0 Å². The zero-order valence-electron chi connectivity index (χ0n) is 9.43. The number of carbonyl (C=O) groups is 1. The van der Waals surface area contributed by atoms with E-state index >= 15 is 0 Å². The number of nitrogens with zero attached hydrogens (tertiary/aromatic N) is 1. The summed E-state index contributed by atoms with van der Waals surface area (Å²) in [5.74, 6) is -0.170. The number of likely N-dealkylation sites (tertiary alicyclic amines) is 1. The lowest BCUT2D eigenvalue weighted by molar-refractivity contribution is 0.0572. The van der Waals surface area contributed by atoms with Gasteiger partial charge in [0.15, 0.2) is 0 Å². The van der Waals surface area contributed by atoms with Gasteiger partial charge in [-0.25, -0.2) is 0 Å². The van der Waals surface area contributed by atoms with Crippen LogP contribution in [0.15, 0.2) is 22.7 Å². The second kappa shape index (κ2) is 4.76. The Morgan fingerprint density at radius 3 is 2.53 bits per heavy atom. The topological polar surface area (TPSA) is 60.8 Å². The highest BCUT2D eigenvalue weighted by molar-refractivity contribution is 9.10. The molecule has 1 fully saturated rings. The Balaban J connectivity index is 2.24. The second-order valence-electron chi connectivity index (χ2n) is 4.28. The number of carbonyl (C=O) groups excluding carboxylic acids is 1. The standard InChI is InChI=1S/C12H14BrNO3/c1-7-3-2-4-8(11(7)13)12(17)14-5-9(15)10(16)6-14/h2-4,9-10,15-16H,5-6H2,1H3. The van der Waals surface area contributed by atoms with Gasteiger partial charge in [0, 0.05) is 17.6 Å². The Morgan fingerprint density at radius 1 is 1.35 bits per heavy atom. The van der Waals surface area contributed by atoms with E-state index < -0.39 is 12.2 Å². The van der Waals surface area contributed by atoms with Crippen LogP contribution < -0.4 is 0 Å². The van der Waals surface area contributed by atoms with Gasteiger partial charge in [0.2, 0.25) is 0 Å².